The van der Waals surface area contributed by atoms with Gasteiger partial charge >= 0.3 is 6.55 Å². The third-order valence-corrected chi connectivity index (χ3v) is 3.99. The number of hydrogen-bond donors (Lipinski definition) is 1. The zero-order valence-corrected chi connectivity index (χ0v) is 14.0. The summed E-state index contributed by atoms with van der Waals surface area (Å²) in [6.07, 6.45) is 2.69. The minimum absolute atomic E-state index is 0.126. The standard InChI is InChI=1S/C15H11Cl2F2N5O/c16-10-2-1-9(7-11(10)17)8-23-5-4-13(22-23)20-14(25)12-3-6-24(21-12)15(18)19/h1-7,15H,8H2,(H,20,22,25). The van der Waals surface area contributed by atoms with E-state index in [4.69, 9.17) is 23.2 Å². The summed E-state index contributed by atoms with van der Waals surface area (Å²) in [5.41, 5.74) is 0.755. The fraction of sp³-hybridized carbons (Fsp3) is 0.133. The molecule has 0 radical (unpaired) electrons. The maximum absolute atomic E-state index is 12.5. The van der Waals surface area contributed by atoms with Gasteiger partial charge in [0.15, 0.2) is 11.5 Å². The van der Waals surface area contributed by atoms with Gasteiger partial charge in [-0.25, -0.2) is 4.68 Å². The van der Waals surface area contributed by atoms with E-state index in [-0.39, 0.29) is 11.5 Å². The lowest BCUT2D eigenvalue weighted by Crippen LogP contribution is -2.14. The van der Waals surface area contributed by atoms with Crippen molar-refractivity contribution in [3.05, 3.63) is 64.0 Å². The first-order valence-corrected chi connectivity index (χ1v) is 7.80. The van der Waals surface area contributed by atoms with Crippen molar-refractivity contribution in [1.29, 1.82) is 0 Å². The Bertz CT molecular complexity index is 909. The van der Waals surface area contributed by atoms with E-state index >= 15 is 0 Å². The summed E-state index contributed by atoms with van der Waals surface area (Å²) in [6, 6.07) is 8.00. The Hall–Kier alpha value is -2.45. The predicted octanol–water partition coefficient (Wildman–Crippen LogP) is 4.08. The summed E-state index contributed by atoms with van der Waals surface area (Å²) >= 11 is 11.8. The van der Waals surface area contributed by atoms with Gasteiger partial charge in [0.25, 0.3) is 5.91 Å². The molecule has 10 heteroatoms. The minimum Gasteiger partial charge on any atom is -0.304 e. The Balaban J connectivity index is 1.66. The number of aromatic nitrogens is 4. The zero-order chi connectivity index (χ0) is 18.0. The molecule has 130 valence electrons. The molecule has 0 saturated carbocycles. The number of carbonyl (C=O) groups is 1. The van der Waals surface area contributed by atoms with Crippen LogP contribution < -0.4 is 5.32 Å². The average molecular weight is 386 g/mol. The number of rotatable bonds is 5. The Morgan fingerprint density at radius 1 is 1.12 bits per heavy atom. The zero-order valence-electron chi connectivity index (χ0n) is 12.5. The maximum Gasteiger partial charge on any atom is 0.333 e. The highest BCUT2D eigenvalue weighted by molar-refractivity contribution is 6.42. The van der Waals surface area contributed by atoms with Crippen molar-refractivity contribution in [2.75, 3.05) is 5.32 Å². The fourth-order valence-electron chi connectivity index (χ4n) is 2.09. The molecule has 0 atom stereocenters. The molecule has 0 aliphatic heterocycles. The average Bonchev–Trinajstić information content (AvgIpc) is 3.20. The molecule has 0 saturated heterocycles. The van der Waals surface area contributed by atoms with Crippen LogP contribution in [0.4, 0.5) is 14.6 Å². The van der Waals surface area contributed by atoms with Gasteiger partial charge in [-0.15, -0.1) is 0 Å². The molecule has 2 heterocycles. The van der Waals surface area contributed by atoms with Gasteiger partial charge in [0.2, 0.25) is 0 Å². The summed E-state index contributed by atoms with van der Waals surface area (Å²) in [5, 5.41) is 11.1. The van der Waals surface area contributed by atoms with Crippen molar-refractivity contribution in [2.45, 2.75) is 13.1 Å². The van der Waals surface area contributed by atoms with Crippen molar-refractivity contribution in [1.82, 2.24) is 19.6 Å². The van der Waals surface area contributed by atoms with E-state index in [9.17, 15) is 13.6 Å². The lowest BCUT2D eigenvalue weighted by Gasteiger charge is -2.04. The largest absolute Gasteiger partial charge is 0.333 e. The number of amides is 1. The Morgan fingerprint density at radius 2 is 1.92 bits per heavy atom. The van der Waals surface area contributed by atoms with Crippen molar-refractivity contribution in [3.8, 4) is 0 Å². The number of halogens is 4. The Kier molecular flexibility index (Phi) is 5.00. The first-order chi connectivity index (χ1) is 11.9. The topological polar surface area (TPSA) is 64.7 Å². The van der Waals surface area contributed by atoms with Gasteiger partial charge in [-0.05, 0) is 23.8 Å². The molecule has 0 spiro atoms. The van der Waals surface area contributed by atoms with Crippen LogP contribution in [0.25, 0.3) is 0 Å². The number of anilines is 1. The first-order valence-electron chi connectivity index (χ1n) is 7.04. The van der Waals surface area contributed by atoms with Crippen LogP contribution in [-0.2, 0) is 6.54 Å². The van der Waals surface area contributed by atoms with Gasteiger partial charge in [-0.2, -0.15) is 19.0 Å². The summed E-state index contributed by atoms with van der Waals surface area (Å²) in [7, 11) is 0. The second kappa shape index (κ2) is 7.20. The van der Waals surface area contributed by atoms with Crippen LogP contribution in [0, 0.1) is 0 Å². The van der Waals surface area contributed by atoms with Gasteiger partial charge < -0.3 is 5.32 Å². The van der Waals surface area contributed by atoms with Gasteiger partial charge in [0.1, 0.15) is 0 Å². The van der Waals surface area contributed by atoms with E-state index in [1.54, 1.807) is 29.1 Å². The lowest BCUT2D eigenvalue weighted by molar-refractivity contribution is 0.0561. The van der Waals surface area contributed by atoms with Crippen LogP contribution in [0.15, 0.2) is 42.7 Å². The number of benzene rings is 1. The van der Waals surface area contributed by atoms with Crippen LogP contribution >= 0.6 is 23.2 Å². The van der Waals surface area contributed by atoms with Crippen LogP contribution in [0.3, 0.4) is 0 Å². The number of nitrogens with zero attached hydrogens (tertiary/aromatic N) is 4. The van der Waals surface area contributed by atoms with E-state index in [1.165, 1.54) is 6.07 Å². The fourth-order valence-corrected chi connectivity index (χ4v) is 2.41. The van der Waals surface area contributed by atoms with Crippen LogP contribution in [0.2, 0.25) is 10.0 Å². The Morgan fingerprint density at radius 3 is 2.60 bits per heavy atom. The minimum atomic E-state index is -2.80. The molecule has 0 aliphatic rings. The quantitative estimate of drug-likeness (QED) is 0.719. The van der Waals surface area contributed by atoms with Gasteiger partial charge in [0.05, 0.1) is 16.6 Å². The summed E-state index contributed by atoms with van der Waals surface area (Å²) in [6.45, 7) is -2.38. The molecule has 1 N–H and O–H groups in total. The highest BCUT2D eigenvalue weighted by Crippen LogP contribution is 2.23. The SMILES string of the molecule is O=C(Nc1ccn(Cc2ccc(Cl)c(Cl)c2)n1)c1ccn(C(F)F)n1. The monoisotopic (exact) mass is 385 g/mol. The summed E-state index contributed by atoms with van der Waals surface area (Å²) < 4.78 is 26.9. The second-order valence-electron chi connectivity index (χ2n) is 5.06. The molecule has 0 aliphatic carbocycles. The summed E-state index contributed by atoms with van der Waals surface area (Å²) in [4.78, 5) is 12.0. The van der Waals surface area contributed by atoms with Crippen molar-refractivity contribution < 1.29 is 13.6 Å². The highest BCUT2D eigenvalue weighted by atomic mass is 35.5. The molecule has 0 unspecified atom stereocenters. The molecule has 3 rings (SSSR count). The van der Waals surface area contributed by atoms with Gasteiger partial charge in [0, 0.05) is 18.5 Å². The highest BCUT2D eigenvalue weighted by Gasteiger charge is 2.14. The molecule has 0 bridgehead atoms. The molecular formula is C15H11Cl2F2N5O. The predicted molar refractivity (Wildman–Crippen MR) is 89.2 cm³/mol. The van der Waals surface area contributed by atoms with E-state index in [0.29, 0.717) is 21.3 Å². The van der Waals surface area contributed by atoms with Gasteiger partial charge in [-0.1, -0.05) is 29.3 Å². The van der Waals surface area contributed by atoms with E-state index in [2.05, 4.69) is 15.5 Å². The van der Waals surface area contributed by atoms with E-state index in [0.717, 1.165) is 11.8 Å². The molecular weight excluding hydrogens is 375 g/mol. The third kappa shape index (κ3) is 4.15. The van der Waals surface area contributed by atoms with E-state index in [1.807, 2.05) is 6.07 Å². The number of nitrogens with one attached hydrogen (secondary N) is 1. The van der Waals surface area contributed by atoms with Crippen LogP contribution in [0.1, 0.15) is 22.6 Å². The molecule has 6 nitrogen and oxygen atoms in total. The van der Waals surface area contributed by atoms with Crippen molar-refractivity contribution >= 4 is 34.9 Å². The molecule has 3 aromatic rings. The molecule has 2 aromatic heterocycles. The van der Waals surface area contributed by atoms with Crippen molar-refractivity contribution in [3.63, 3.8) is 0 Å². The second-order valence-corrected chi connectivity index (χ2v) is 5.87. The molecule has 1 amide bonds. The normalized spacial score (nSPS) is 11.1. The number of hydrogen-bond acceptors (Lipinski definition) is 3. The van der Waals surface area contributed by atoms with E-state index < -0.39 is 12.5 Å². The van der Waals surface area contributed by atoms with Crippen molar-refractivity contribution in [2.24, 2.45) is 0 Å². The molecule has 0 fully saturated rings. The van der Waals surface area contributed by atoms with Gasteiger partial charge in [-0.3, -0.25) is 9.48 Å². The summed E-state index contributed by atoms with van der Waals surface area (Å²) in [5.74, 6) is -0.351. The number of carbonyl (C=O) groups excluding carboxylic acids is 1. The molecule has 1 aromatic carbocycles. The van der Waals surface area contributed by atoms with Crippen LogP contribution in [0.5, 0.6) is 0 Å². The molecule has 25 heavy (non-hydrogen) atoms. The smallest absolute Gasteiger partial charge is 0.304 e. The number of alkyl halides is 2. The third-order valence-electron chi connectivity index (χ3n) is 3.25. The maximum atomic E-state index is 12.5. The Labute approximate surface area is 151 Å². The van der Waals surface area contributed by atoms with Crippen LogP contribution in [-0.4, -0.2) is 25.5 Å². The first kappa shape index (κ1) is 17.4. The lowest BCUT2D eigenvalue weighted by atomic mass is 10.2.